The van der Waals surface area contributed by atoms with E-state index in [4.69, 9.17) is 0 Å². The van der Waals surface area contributed by atoms with Crippen LogP contribution in [0.1, 0.15) is 22.7 Å². The van der Waals surface area contributed by atoms with Crippen molar-refractivity contribution >= 4 is 20.9 Å². The first-order valence-electron chi connectivity index (χ1n) is 10.2. The van der Waals surface area contributed by atoms with Gasteiger partial charge in [-0.2, -0.15) is 17.9 Å². The highest BCUT2D eigenvalue weighted by molar-refractivity contribution is 7.89. The number of hydrogen-bond acceptors (Lipinski definition) is 5. The van der Waals surface area contributed by atoms with E-state index in [0.29, 0.717) is 5.56 Å². The Morgan fingerprint density at radius 2 is 1.66 bits per heavy atom. The monoisotopic (exact) mass is 504 g/mol. The predicted octanol–water partition coefficient (Wildman–Crippen LogP) is 2.72. The second-order valence-corrected chi connectivity index (χ2v) is 9.56. The Bertz CT molecular complexity index is 1650. The maximum absolute atomic E-state index is 13.3. The van der Waals surface area contributed by atoms with E-state index in [9.17, 15) is 31.2 Å². The maximum Gasteiger partial charge on any atom is 0.416 e. The van der Waals surface area contributed by atoms with E-state index in [2.05, 4.69) is 9.71 Å². The molecule has 4 aromatic rings. The quantitative estimate of drug-likeness (QED) is 0.450. The number of aromatic nitrogens is 3. The van der Waals surface area contributed by atoms with Crippen LogP contribution in [0.15, 0.2) is 81.5 Å². The fourth-order valence-electron chi connectivity index (χ4n) is 3.73. The first kappa shape index (κ1) is 24.4. The highest BCUT2D eigenvalue weighted by atomic mass is 32.2. The molecular formula is C23H19F3N4O4S. The molecule has 0 aliphatic heterocycles. The van der Waals surface area contributed by atoms with Gasteiger partial charge in [-0.15, -0.1) is 0 Å². The molecule has 2 aromatic heterocycles. The third-order valence-corrected chi connectivity index (χ3v) is 7.01. The molecule has 0 aliphatic carbocycles. The molecule has 0 saturated heterocycles. The van der Waals surface area contributed by atoms with Gasteiger partial charge in [0.1, 0.15) is 0 Å². The smallest absolute Gasteiger partial charge is 0.296 e. The Kier molecular flexibility index (Phi) is 6.11. The van der Waals surface area contributed by atoms with Gasteiger partial charge in [0.05, 0.1) is 27.4 Å². The number of fused-ring (bicyclic) bond motifs is 1. The van der Waals surface area contributed by atoms with E-state index in [1.807, 2.05) is 0 Å². The topological polar surface area (TPSA) is 103 Å². The van der Waals surface area contributed by atoms with Crippen molar-refractivity contribution in [3.63, 3.8) is 0 Å². The number of sulfonamides is 1. The molecule has 12 heteroatoms. The highest BCUT2D eigenvalue weighted by Crippen LogP contribution is 2.32. The average Bonchev–Trinajstić information content (AvgIpc) is 2.84. The predicted molar refractivity (Wildman–Crippen MR) is 122 cm³/mol. The van der Waals surface area contributed by atoms with E-state index >= 15 is 0 Å². The van der Waals surface area contributed by atoms with Crippen molar-refractivity contribution in [3.8, 4) is 0 Å². The second-order valence-electron chi connectivity index (χ2n) is 7.85. The lowest BCUT2D eigenvalue weighted by atomic mass is 9.99. The molecule has 0 spiro atoms. The molecule has 4 rings (SSSR count). The molecule has 1 atom stereocenters. The third kappa shape index (κ3) is 4.62. The molecule has 1 unspecified atom stereocenters. The molecular weight excluding hydrogens is 485 g/mol. The van der Waals surface area contributed by atoms with E-state index in [1.54, 1.807) is 0 Å². The number of benzene rings is 2. The van der Waals surface area contributed by atoms with Crippen molar-refractivity contribution in [1.29, 1.82) is 0 Å². The maximum atomic E-state index is 13.3. The summed E-state index contributed by atoms with van der Waals surface area (Å²) in [6.45, 7) is 0. The van der Waals surface area contributed by atoms with E-state index in [1.165, 1.54) is 67.5 Å². The van der Waals surface area contributed by atoms with Crippen LogP contribution in [-0.2, 0) is 30.3 Å². The summed E-state index contributed by atoms with van der Waals surface area (Å²) in [5, 5.41) is -0.00512. The van der Waals surface area contributed by atoms with Crippen molar-refractivity contribution < 1.29 is 21.6 Å². The van der Waals surface area contributed by atoms with Gasteiger partial charge in [-0.25, -0.2) is 13.2 Å². The number of nitrogens with zero attached hydrogens (tertiary/aromatic N) is 3. The van der Waals surface area contributed by atoms with Crippen LogP contribution in [-0.4, -0.2) is 22.5 Å². The molecule has 35 heavy (non-hydrogen) atoms. The van der Waals surface area contributed by atoms with Crippen LogP contribution in [0, 0.1) is 0 Å². The summed E-state index contributed by atoms with van der Waals surface area (Å²) in [5.74, 6) is 0. The van der Waals surface area contributed by atoms with E-state index in [0.717, 1.165) is 22.8 Å². The van der Waals surface area contributed by atoms with Gasteiger partial charge in [0.25, 0.3) is 5.56 Å². The summed E-state index contributed by atoms with van der Waals surface area (Å²) in [5.41, 5.74) is -1.58. The van der Waals surface area contributed by atoms with Crippen LogP contribution in [0.2, 0.25) is 0 Å². The zero-order valence-corrected chi connectivity index (χ0v) is 19.3. The largest absolute Gasteiger partial charge is 0.416 e. The molecule has 8 nitrogen and oxygen atoms in total. The number of alkyl halides is 3. The van der Waals surface area contributed by atoms with Crippen molar-refractivity contribution in [2.24, 2.45) is 14.1 Å². The molecule has 0 fully saturated rings. The van der Waals surface area contributed by atoms with Gasteiger partial charge >= 0.3 is 11.9 Å². The second kappa shape index (κ2) is 8.78. The summed E-state index contributed by atoms with van der Waals surface area (Å²) in [6.07, 6.45) is -1.83. The number of nitrogens with one attached hydrogen (secondary N) is 1. The molecule has 2 aromatic carbocycles. The third-order valence-electron chi connectivity index (χ3n) is 5.59. The first-order chi connectivity index (χ1) is 16.4. The summed E-state index contributed by atoms with van der Waals surface area (Å²) < 4.78 is 71.1. The van der Waals surface area contributed by atoms with Gasteiger partial charge in [0.2, 0.25) is 10.0 Å². The molecule has 0 radical (unpaired) electrons. The van der Waals surface area contributed by atoms with Gasteiger partial charge in [-0.1, -0.05) is 18.2 Å². The lowest BCUT2D eigenvalue weighted by molar-refractivity contribution is -0.137. The molecule has 0 aliphatic rings. The molecule has 1 N–H and O–H groups in total. The number of aryl methyl sites for hydroxylation is 1. The van der Waals surface area contributed by atoms with Crippen LogP contribution in [0.25, 0.3) is 10.9 Å². The molecule has 182 valence electrons. The Morgan fingerprint density at radius 3 is 2.31 bits per heavy atom. The van der Waals surface area contributed by atoms with Crippen LogP contribution >= 0.6 is 0 Å². The first-order valence-corrected chi connectivity index (χ1v) is 11.7. The highest BCUT2D eigenvalue weighted by Gasteiger charge is 2.32. The Labute approximate surface area is 197 Å². The molecule has 0 amide bonds. The fourth-order valence-corrected chi connectivity index (χ4v) is 4.97. The minimum atomic E-state index is -4.62. The summed E-state index contributed by atoms with van der Waals surface area (Å²) >= 11 is 0. The van der Waals surface area contributed by atoms with Gasteiger partial charge in [0, 0.05) is 26.5 Å². The minimum absolute atomic E-state index is 0.00512. The Balaban J connectivity index is 1.84. The summed E-state index contributed by atoms with van der Waals surface area (Å²) in [4.78, 5) is 28.4. The number of hydrogen-bond donors (Lipinski definition) is 1. The van der Waals surface area contributed by atoms with Crippen LogP contribution in [0.3, 0.4) is 0 Å². The van der Waals surface area contributed by atoms with Gasteiger partial charge in [0.15, 0.2) is 0 Å². The van der Waals surface area contributed by atoms with Gasteiger partial charge in [-0.05, 0) is 47.5 Å². The van der Waals surface area contributed by atoms with Crippen molar-refractivity contribution in [1.82, 2.24) is 18.8 Å². The molecule has 2 heterocycles. The van der Waals surface area contributed by atoms with Gasteiger partial charge in [-0.3, -0.25) is 18.9 Å². The Morgan fingerprint density at radius 1 is 0.943 bits per heavy atom. The zero-order valence-electron chi connectivity index (χ0n) is 18.4. The van der Waals surface area contributed by atoms with Crippen molar-refractivity contribution in [2.45, 2.75) is 17.1 Å². The number of halogens is 3. The van der Waals surface area contributed by atoms with Gasteiger partial charge < -0.3 is 0 Å². The van der Waals surface area contributed by atoms with Crippen LogP contribution in [0.4, 0.5) is 13.2 Å². The van der Waals surface area contributed by atoms with Crippen molar-refractivity contribution in [3.05, 3.63) is 105 Å². The lowest BCUT2D eigenvalue weighted by Gasteiger charge is -2.21. The van der Waals surface area contributed by atoms with E-state index in [-0.39, 0.29) is 21.4 Å². The summed E-state index contributed by atoms with van der Waals surface area (Å²) in [7, 11) is -1.62. The Hall–Kier alpha value is -3.77. The summed E-state index contributed by atoms with van der Waals surface area (Å²) in [6, 6.07) is 9.87. The lowest BCUT2D eigenvalue weighted by Crippen LogP contribution is -2.37. The minimum Gasteiger partial charge on any atom is -0.296 e. The van der Waals surface area contributed by atoms with Crippen molar-refractivity contribution in [2.75, 3.05) is 0 Å². The van der Waals surface area contributed by atoms with Crippen LogP contribution < -0.4 is 16.0 Å². The van der Waals surface area contributed by atoms with Crippen LogP contribution in [0.5, 0.6) is 0 Å². The normalized spacial score (nSPS) is 13.2. The number of pyridine rings is 1. The zero-order chi connectivity index (χ0) is 25.5. The molecule has 0 saturated carbocycles. The average molecular weight is 504 g/mol. The van der Waals surface area contributed by atoms with E-state index < -0.39 is 39.1 Å². The fraction of sp³-hybridized carbons (Fsp3) is 0.174. The SMILES string of the molecule is Cn1c(=O)c2cc(S(=O)(=O)NC(c3cccnc3)c3cccc(C(F)(F)F)c3)ccc2n(C)c1=O. The molecule has 0 bridgehead atoms. The number of rotatable bonds is 5. The standard InChI is InChI=1S/C23H19F3N4O4S/c1-29-19-9-8-17(12-18(19)21(31)30(2)22(29)32)35(33,34)28-20(15-6-4-10-27-13-15)14-5-3-7-16(11-14)23(24,25)26/h3-13,20,28H,1-2H3.